The Balaban J connectivity index is 0.00000127. The van der Waals surface area contributed by atoms with Crippen LogP contribution in [0.5, 0.6) is 0 Å². The minimum Gasteiger partial charge on any atom is -0.356 e. The first-order chi connectivity index (χ1) is 11.2. The van der Waals surface area contributed by atoms with Crippen LogP contribution >= 0.6 is 0 Å². The fraction of sp³-hybridized carbons (Fsp3) is 0.789. The molecule has 0 aromatic carbocycles. The van der Waals surface area contributed by atoms with Crippen LogP contribution in [-0.2, 0) is 9.59 Å². The fourth-order valence-electron chi connectivity index (χ4n) is 3.29. The summed E-state index contributed by atoms with van der Waals surface area (Å²) in [5, 5.41) is 3.07. The van der Waals surface area contributed by atoms with Crippen LogP contribution in [0.4, 0.5) is 0 Å². The van der Waals surface area contributed by atoms with Crippen LogP contribution in [0.1, 0.15) is 65.7 Å². The summed E-state index contributed by atoms with van der Waals surface area (Å²) in [7, 11) is 0. The van der Waals surface area contributed by atoms with E-state index in [1.165, 1.54) is 12.8 Å². The van der Waals surface area contributed by atoms with Crippen LogP contribution in [0.3, 0.4) is 0 Å². The molecule has 4 nitrogen and oxygen atoms in total. The van der Waals surface area contributed by atoms with Gasteiger partial charge in [-0.3, -0.25) is 9.59 Å². The van der Waals surface area contributed by atoms with E-state index in [1.54, 1.807) is 6.08 Å². The predicted octanol–water partition coefficient (Wildman–Crippen LogP) is 3.52. The van der Waals surface area contributed by atoms with E-state index in [4.69, 9.17) is 0 Å². The molecule has 2 rings (SSSR count). The first kappa shape index (κ1) is 19.7. The number of amides is 2. The maximum absolute atomic E-state index is 12.1. The third-order valence-corrected chi connectivity index (χ3v) is 4.67. The van der Waals surface area contributed by atoms with E-state index in [9.17, 15) is 9.59 Å². The van der Waals surface area contributed by atoms with Crippen LogP contribution in [0.15, 0.2) is 12.2 Å². The van der Waals surface area contributed by atoms with Gasteiger partial charge in [-0.15, -0.1) is 0 Å². The van der Waals surface area contributed by atoms with Crippen molar-refractivity contribution in [2.24, 2.45) is 11.8 Å². The highest BCUT2D eigenvalue weighted by atomic mass is 16.2. The Hall–Kier alpha value is -1.32. The Morgan fingerprint density at radius 1 is 1.22 bits per heavy atom. The first-order valence-corrected chi connectivity index (χ1v) is 9.44. The van der Waals surface area contributed by atoms with E-state index in [0.717, 1.165) is 51.7 Å². The number of nitrogens with one attached hydrogen (secondary N) is 1. The van der Waals surface area contributed by atoms with E-state index in [1.807, 2.05) is 24.8 Å². The molecule has 1 aliphatic heterocycles. The molecule has 0 bridgehead atoms. The maximum atomic E-state index is 12.1. The zero-order valence-corrected chi connectivity index (χ0v) is 15.1. The van der Waals surface area contributed by atoms with E-state index in [2.05, 4.69) is 12.2 Å². The summed E-state index contributed by atoms with van der Waals surface area (Å²) in [5.74, 6) is 1.14. The SMILES string of the molecule is CC.CCCCCNC(=O)C1CCC(CN2CC=CC2=O)CC1. The van der Waals surface area contributed by atoms with Crippen molar-refractivity contribution in [3.63, 3.8) is 0 Å². The summed E-state index contributed by atoms with van der Waals surface area (Å²) in [6.07, 6.45) is 11.1. The number of carbonyl (C=O) groups is 2. The lowest BCUT2D eigenvalue weighted by atomic mass is 9.81. The van der Waals surface area contributed by atoms with Crippen molar-refractivity contribution < 1.29 is 9.59 Å². The van der Waals surface area contributed by atoms with Crippen molar-refractivity contribution in [2.45, 2.75) is 65.7 Å². The third-order valence-electron chi connectivity index (χ3n) is 4.67. The summed E-state index contributed by atoms with van der Waals surface area (Å²) in [5.41, 5.74) is 0. The second kappa shape index (κ2) is 11.3. The molecule has 2 aliphatic rings. The Labute approximate surface area is 141 Å². The zero-order chi connectivity index (χ0) is 17.1. The second-order valence-electron chi connectivity index (χ2n) is 6.36. The van der Waals surface area contributed by atoms with Gasteiger partial charge in [-0.2, -0.15) is 0 Å². The van der Waals surface area contributed by atoms with Gasteiger partial charge >= 0.3 is 0 Å². The van der Waals surface area contributed by atoms with E-state index in [0.29, 0.717) is 5.92 Å². The molecular weight excluding hydrogens is 288 g/mol. The van der Waals surface area contributed by atoms with Crippen molar-refractivity contribution in [1.82, 2.24) is 10.2 Å². The van der Waals surface area contributed by atoms with E-state index in [-0.39, 0.29) is 17.7 Å². The third kappa shape index (κ3) is 6.76. The summed E-state index contributed by atoms with van der Waals surface area (Å²) in [6, 6.07) is 0. The molecule has 132 valence electrons. The summed E-state index contributed by atoms with van der Waals surface area (Å²) < 4.78 is 0. The lowest BCUT2D eigenvalue weighted by Crippen LogP contribution is -2.37. The zero-order valence-electron chi connectivity index (χ0n) is 15.1. The van der Waals surface area contributed by atoms with E-state index >= 15 is 0 Å². The number of carbonyl (C=O) groups excluding carboxylic acids is 2. The van der Waals surface area contributed by atoms with Gasteiger partial charge in [0.25, 0.3) is 0 Å². The molecule has 0 saturated heterocycles. The predicted molar refractivity (Wildman–Crippen MR) is 95.1 cm³/mol. The van der Waals surface area contributed by atoms with Gasteiger partial charge in [-0.1, -0.05) is 39.7 Å². The summed E-state index contributed by atoms with van der Waals surface area (Å²) in [4.78, 5) is 25.6. The average molecular weight is 322 g/mol. The van der Waals surface area contributed by atoms with Gasteiger partial charge in [0.05, 0.1) is 0 Å². The van der Waals surface area contributed by atoms with Crippen LogP contribution < -0.4 is 5.32 Å². The Morgan fingerprint density at radius 2 is 1.91 bits per heavy atom. The molecule has 0 atom stereocenters. The highest BCUT2D eigenvalue weighted by Crippen LogP contribution is 2.29. The van der Waals surface area contributed by atoms with Crippen molar-refractivity contribution in [3.05, 3.63) is 12.2 Å². The Kier molecular flexibility index (Phi) is 9.65. The van der Waals surface area contributed by atoms with Gasteiger partial charge in [0, 0.05) is 31.6 Å². The molecule has 0 aromatic heterocycles. The largest absolute Gasteiger partial charge is 0.356 e. The van der Waals surface area contributed by atoms with Crippen LogP contribution in [0.2, 0.25) is 0 Å². The Bertz CT molecular complexity index is 385. The first-order valence-electron chi connectivity index (χ1n) is 9.44. The Morgan fingerprint density at radius 3 is 2.48 bits per heavy atom. The van der Waals surface area contributed by atoms with Crippen molar-refractivity contribution in [3.8, 4) is 0 Å². The van der Waals surface area contributed by atoms with Gasteiger partial charge in [0.15, 0.2) is 0 Å². The molecule has 1 heterocycles. The quantitative estimate of drug-likeness (QED) is 0.729. The molecule has 4 heteroatoms. The molecule has 0 unspecified atom stereocenters. The standard InChI is InChI=1S/C17H28N2O2.C2H6/c1-2-3-4-11-18-17(21)15-9-7-14(8-10-15)13-19-12-5-6-16(19)20;1-2/h5-6,14-15H,2-4,7-13H2,1H3,(H,18,21);1-2H3. The van der Waals surface area contributed by atoms with Crippen molar-refractivity contribution in [2.75, 3.05) is 19.6 Å². The minimum absolute atomic E-state index is 0.144. The number of rotatable bonds is 7. The molecule has 0 aromatic rings. The molecule has 0 spiro atoms. The topological polar surface area (TPSA) is 49.4 Å². The number of hydrogen-bond acceptors (Lipinski definition) is 2. The molecule has 1 fully saturated rings. The molecule has 23 heavy (non-hydrogen) atoms. The maximum Gasteiger partial charge on any atom is 0.246 e. The number of unbranched alkanes of at least 4 members (excludes halogenated alkanes) is 2. The summed E-state index contributed by atoms with van der Waals surface area (Å²) >= 11 is 0. The lowest BCUT2D eigenvalue weighted by molar-refractivity contribution is -0.128. The number of hydrogen-bond donors (Lipinski definition) is 1. The van der Waals surface area contributed by atoms with Gasteiger partial charge in [0.1, 0.15) is 0 Å². The normalized spacial score (nSPS) is 23.4. The van der Waals surface area contributed by atoms with Crippen LogP contribution in [0, 0.1) is 11.8 Å². The summed E-state index contributed by atoms with van der Waals surface area (Å²) in [6.45, 7) is 8.61. The molecule has 1 N–H and O–H groups in total. The monoisotopic (exact) mass is 322 g/mol. The number of nitrogens with zero attached hydrogens (tertiary/aromatic N) is 1. The van der Waals surface area contributed by atoms with Crippen LogP contribution in [-0.4, -0.2) is 36.3 Å². The molecule has 2 amide bonds. The molecule has 0 radical (unpaired) electrons. The van der Waals surface area contributed by atoms with Crippen LogP contribution in [0.25, 0.3) is 0 Å². The van der Waals surface area contributed by atoms with Gasteiger partial charge < -0.3 is 10.2 Å². The van der Waals surface area contributed by atoms with Crippen molar-refractivity contribution in [1.29, 1.82) is 0 Å². The lowest BCUT2D eigenvalue weighted by Gasteiger charge is -2.30. The minimum atomic E-state index is 0.144. The molecule has 1 saturated carbocycles. The van der Waals surface area contributed by atoms with Gasteiger partial charge in [-0.05, 0) is 38.0 Å². The highest BCUT2D eigenvalue weighted by molar-refractivity contribution is 5.89. The van der Waals surface area contributed by atoms with E-state index < -0.39 is 0 Å². The molecular formula is C19H34N2O2. The van der Waals surface area contributed by atoms with Crippen molar-refractivity contribution >= 4 is 11.8 Å². The fourth-order valence-corrected chi connectivity index (χ4v) is 3.29. The molecule has 1 aliphatic carbocycles. The average Bonchev–Trinajstić information content (AvgIpc) is 2.99. The second-order valence-corrected chi connectivity index (χ2v) is 6.36. The van der Waals surface area contributed by atoms with Gasteiger partial charge in [0.2, 0.25) is 11.8 Å². The highest BCUT2D eigenvalue weighted by Gasteiger charge is 2.28. The smallest absolute Gasteiger partial charge is 0.246 e. The van der Waals surface area contributed by atoms with Gasteiger partial charge in [-0.25, -0.2) is 0 Å².